The first-order valence-electron chi connectivity index (χ1n) is 9.34. The first-order valence-corrected chi connectivity index (χ1v) is 10.8. The number of nitrogens with one attached hydrogen (secondary N) is 1. The number of sulfonamides is 1. The van der Waals surface area contributed by atoms with Gasteiger partial charge >= 0.3 is 0 Å². The highest BCUT2D eigenvalue weighted by atomic mass is 32.2. The molecule has 7 heteroatoms. The van der Waals surface area contributed by atoms with Crippen LogP contribution in [0.15, 0.2) is 47.6 Å². The Morgan fingerprint density at radius 2 is 1.78 bits per heavy atom. The predicted molar refractivity (Wildman–Crippen MR) is 105 cm³/mol. The lowest BCUT2D eigenvalue weighted by molar-refractivity contribution is -0.126. The maximum absolute atomic E-state index is 12.9. The molecular formula is C20H27N3O3S. The molecule has 0 atom stereocenters. The molecule has 1 aromatic heterocycles. The molecule has 0 bridgehead atoms. The number of aryl methyl sites for hydroxylation is 2. The van der Waals surface area contributed by atoms with Crippen molar-refractivity contribution in [2.75, 3.05) is 19.6 Å². The standard InChI is InChI=1S/C20H27N3O3S/c1-16-5-6-19(15-17(16)2)27(25,26)23-12-7-18(8-13-23)20(24)21-9-14-22-10-3-4-11-22/h3-6,10-11,15,18H,7-9,12-14H2,1-2H3,(H,21,24). The number of benzene rings is 1. The highest BCUT2D eigenvalue weighted by Gasteiger charge is 2.32. The maximum Gasteiger partial charge on any atom is 0.243 e. The van der Waals surface area contributed by atoms with Crippen LogP contribution in [-0.2, 0) is 21.4 Å². The first-order chi connectivity index (χ1) is 12.9. The SMILES string of the molecule is Cc1ccc(S(=O)(=O)N2CCC(C(=O)NCCn3cccc3)CC2)cc1C. The van der Waals surface area contributed by atoms with Gasteiger partial charge in [-0.2, -0.15) is 4.31 Å². The summed E-state index contributed by atoms with van der Waals surface area (Å²) >= 11 is 0. The Morgan fingerprint density at radius 1 is 1.11 bits per heavy atom. The summed E-state index contributed by atoms with van der Waals surface area (Å²) in [5.74, 6) is -0.105. The van der Waals surface area contributed by atoms with E-state index < -0.39 is 10.0 Å². The van der Waals surface area contributed by atoms with E-state index in [4.69, 9.17) is 0 Å². The van der Waals surface area contributed by atoms with E-state index in [2.05, 4.69) is 5.32 Å². The lowest BCUT2D eigenvalue weighted by Gasteiger charge is -2.30. The van der Waals surface area contributed by atoms with Gasteiger partial charge in [-0.05, 0) is 62.1 Å². The van der Waals surface area contributed by atoms with Gasteiger partial charge in [0.05, 0.1) is 4.90 Å². The van der Waals surface area contributed by atoms with Crippen LogP contribution in [0.5, 0.6) is 0 Å². The van der Waals surface area contributed by atoms with Crippen LogP contribution < -0.4 is 5.32 Å². The number of carbonyl (C=O) groups is 1. The van der Waals surface area contributed by atoms with Gasteiger partial charge in [0.2, 0.25) is 15.9 Å². The smallest absolute Gasteiger partial charge is 0.243 e. The van der Waals surface area contributed by atoms with Crippen LogP contribution in [0, 0.1) is 19.8 Å². The number of amides is 1. The molecule has 0 aliphatic carbocycles. The first kappa shape index (κ1) is 19.6. The molecule has 1 aliphatic heterocycles. The van der Waals surface area contributed by atoms with Crippen LogP contribution in [-0.4, -0.2) is 42.8 Å². The van der Waals surface area contributed by atoms with Gasteiger partial charge in [-0.25, -0.2) is 8.42 Å². The fraction of sp³-hybridized carbons (Fsp3) is 0.450. The minimum absolute atomic E-state index is 0.0189. The number of aromatic nitrogens is 1. The normalized spacial score (nSPS) is 16.4. The molecule has 6 nitrogen and oxygen atoms in total. The molecule has 0 unspecified atom stereocenters. The minimum atomic E-state index is -3.50. The van der Waals surface area contributed by atoms with Crippen molar-refractivity contribution >= 4 is 15.9 Å². The van der Waals surface area contributed by atoms with Crippen molar-refractivity contribution in [3.8, 4) is 0 Å². The summed E-state index contributed by atoms with van der Waals surface area (Å²) in [5, 5.41) is 2.96. The van der Waals surface area contributed by atoms with E-state index >= 15 is 0 Å². The van der Waals surface area contributed by atoms with Crippen molar-refractivity contribution < 1.29 is 13.2 Å². The zero-order valence-corrected chi connectivity index (χ0v) is 16.7. The number of piperidine rings is 1. The van der Waals surface area contributed by atoms with E-state index in [0.29, 0.717) is 37.4 Å². The van der Waals surface area contributed by atoms with Crippen LogP contribution >= 0.6 is 0 Å². The summed E-state index contributed by atoms with van der Waals surface area (Å²) in [5.41, 5.74) is 2.04. The molecule has 2 heterocycles. The number of rotatable bonds is 6. The molecule has 1 amide bonds. The van der Waals surface area contributed by atoms with E-state index in [-0.39, 0.29) is 11.8 Å². The van der Waals surface area contributed by atoms with Gasteiger partial charge in [-0.15, -0.1) is 0 Å². The van der Waals surface area contributed by atoms with Crippen molar-refractivity contribution in [1.29, 1.82) is 0 Å². The van der Waals surface area contributed by atoms with E-state index in [1.54, 1.807) is 12.1 Å². The van der Waals surface area contributed by atoms with Crippen molar-refractivity contribution in [3.63, 3.8) is 0 Å². The van der Waals surface area contributed by atoms with Gasteiger partial charge in [0.15, 0.2) is 0 Å². The second kappa shape index (κ2) is 8.27. The van der Waals surface area contributed by atoms with Gasteiger partial charge < -0.3 is 9.88 Å². The van der Waals surface area contributed by atoms with Crippen molar-refractivity contribution in [3.05, 3.63) is 53.9 Å². The molecule has 1 aromatic carbocycles. The fourth-order valence-electron chi connectivity index (χ4n) is 3.35. The Hall–Kier alpha value is -2.12. The van der Waals surface area contributed by atoms with Gasteiger partial charge in [0, 0.05) is 44.5 Å². The number of carbonyl (C=O) groups excluding carboxylic acids is 1. The third kappa shape index (κ3) is 4.59. The topological polar surface area (TPSA) is 71.4 Å². The third-order valence-electron chi connectivity index (χ3n) is 5.28. The second-order valence-electron chi connectivity index (χ2n) is 7.14. The number of hydrogen-bond donors (Lipinski definition) is 1. The minimum Gasteiger partial charge on any atom is -0.354 e. The molecule has 27 heavy (non-hydrogen) atoms. The predicted octanol–water partition coefficient (Wildman–Crippen LogP) is 2.32. The average molecular weight is 390 g/mol. The fourth-order valence-corrected chi connectivity index (χ4v) is 4.91. The molecule has 2 aromatic rings. The Kier molecular flexibility index (Phi) is 6.01. The molecule has 1 fully saturated rings. The van der Waals surface area contributed by atoms with E-state index in [1.807, 2.05) is 49.0 Å². The Labute approximate surface area is 161 Å². The van der Waals surface area contributed by atoms with Crippen molar-refractivity contribution in [2.45, 2.75) is 38.1 Å². The summed E-state index contributed by atoms with van der Waals surface area (Å²) in [7, 11) is -3.50. The van der Waals surface area contributed by atoms with Gasteiger partial charge in [0.25, 0.3) is 0 Å². The summed E-state index contributed by atoms with van der Waals surface area (Å²) < 4.78 is 29.2. The van der Waals surface area contributed by atoms with Crippen LogP contribution in [0.3, 0.4) is 0 Å². The van der Waals surface area contributed by atoms with E-state index in [9.17, 15) is 13.2 Å². The number of hydrogen-bond acceptors (Lipinski definition) is 3. The van der Waals surface area contributed by atoms with Crippen LogP contribution in [0.2, 0.25) is 0 Å². The zero-order chi connectivity index (χ0) is 19.4. The van der Waals surface area contributed by atoms with Gasteiger partial charge in [-0.1, -0.05) is 6.07 Å². The maximum atomic E-state index is 12.9. The molecule has 0 spiro atoms. The second-order valence-corrected chi connectivity index (χ2v) is 9.07. The van der Waals surface area contributed by atoms with Crippen LogP contribution in [0.4, 0.5) is 0 Å². The molecule has 1 saturated heterocycles. The van der Waals surface area contributed by atoms with Crippen molar-refractivity contribution in [1.82, 2.24) is 14.2 Å². The third-order valence-corrected chi connectivity index (χ3v) is 7.17. The molecule has 0 radical (unpaired) electrons. The monoisotopic (exact) mass is 389 g/mol. The molecule has 1 aliphatic rings. The molecule has 3 rings (SSSR count). The molecule has 1 N–H and O–H groups in total. The summed E-state index contributed by atoms with van der Waals surface area (Å²) in [4.78, 5) is 12.7. The Morgan fingerprint density at radius 3 is 2.41 bits per heavy atom. The van der Waals surface area contributed by atoms with Gasteiger partial charge in [-0.3, -0.25) is 4.79 Å². The van der Waals surface area contributed by atoms with Crippen molar-refractivity contribution in [2.24, 2.45) is 5.92 Å². The lowest BCUT2D eigenvalue weighted by atomic mass is 9.97. The lowest BCUT2D eigenvalue weighted by Crippen LogP contribution is -2.43. The van der Waals surface area contributed by atoms with E-state index in [0.717, 1.165) is 17.7 Å². The zero-order valence-electron chi connectivity index (χ0n) is 15.9. The highest BCUT2D eigenvalue weighted by molar-refractivity contribution is 7.89. The molecular weight excluding hydrogens is 362 g/mol. The van der Waals surface area contributed by atoms with Gasteiger partial charge in [0.1, 0.15) is 0 Å². The Bertz CT molecular complexity index is 883. The average Bonchev–Trinajstić information content (AvgIpc) is 3.17. The summed E-state index contributed by atoms with van der Waals surface area (Å²) in [6, 6.07) is 9.14. The quantitative estimate of drug-likeness (QED) is 0.824. The summed E-state index contributed by atoms with van der Waals surface area (Å²) in [6.45, 7) is 5.95. The largest absolute Gasteiger partial charge is 0.354 e. The van der Waals surface area contributed by atoms with E-state index in [1.165, 1.54) is 4.31 Å². The van der Waals surface area contributed by atoms with Crippen LogP contribution in [0.25, 0.3) is 0 Å². The highest BCUT2D eigenvalue weighted by Crippen LogP contribution is 2.25. The molecule has 146 valence electrons. The summed E-state index contributed by atoms with van der Waals surface area (Å²) in [6.07, 6.45) is 5.03. The number of nitrogens with zero attached hydrogens (tertiary/aromatic N) is 2. The van der Waals surface area contributed by atoms with Crippen LogP contribution in [0.1, 0.15) is 24.0 Å². The molecule has 0 saturated carbocycles. The Balaban J connectivity index is 1.53.